The first-order valence-corrected chi connectivity index (χ1v) is 6.99. The van der Waals surface area contributed by atoms with Crippen LogP contribution in [0.4, 0.5) is 5.69 Å². The molecule has 0 bridgehead atoms. The zero-order chi connectivity index (χ0) is 16.5. The van der Waals surface area contributed by atoms with Gasteiger partial charge in [0, 0.05) is 25.4 Å². The summed E-state index contributed by atoms with van der Waals surface area (Å²) < 4.78 is 9.95. The highest BCUT2D eigenvalue weighted by molar-refractivity contribution is 5.95. The van der Waals surface area contributed by atoms with E-state index in [9.17, 15) is 9.59 Å². The van der Waals surface area contributed by atoms with Gasteiger partial charge in [-0.05, 0) is 19.1 Å². The van der Waals surface area contributed by atoms with Crippen molar-refractivity contribution in [2.24, 2.45) is 5.73 Å². The van der Waals surface area contributed by atoms with E-state index in [0.717, 1.165) is 0 Å². The van der Waals surface area contributed by atoms with Crippen LogP contribution in [-0.2, 0) is 14.3 Å². The molecular weight excluding hydrogens is 322 g/mol. The number of carbonyl (C=O) groups is 2. The molecule has 0 saturated heterocycles. The molecule has 8 heteroatoms. The van der Waals surface area contributed by atoms with Crippen LogP contribution in [0.5, 0.6) is 5.75 Å². The number of nitrogens with two attached hydrogens (primary N) is 1. The molecule has 0 aliphatic rings. The summed E-state index contributed by atoms with van der Waals surface area (Å²) in [4.78, 5) is 25.5. The number of nitrogens with one attached hydrogen (secondary N) is 1. The Morgan fingerprint density at radius 3 is 2.61 bits per heavy atom. The van der Waals surface area contributed by atoms with E-state index in [1.54, 1.807) is 38.3 Å². The molecule has 7 nitrogen and oxygen atoms in total. The fourth-order valence-corrected chi connectivity index (χ4v) is 1.91. The van der Waals surface area contributed by atoms with Gasteiger partial charge in [-0.1, -0.05) is 6.07 Å². The predicted octanol–water partition coefficient (Wildman–Crippen LogP) is 0.878. The lowest BCUT2D eigenvalue weighted by molar-refractivity contribution is -0.136. The Bertz CT molecular complexity index is 513. The van der Waals surface area contributed by atoms with Crippen molar-refractivity contribution in [1.82, 2.24) is 4.90 Å². The van der Waals surface area contributed by atoms with E-state index < -0.39 is 6.04 Å². The number of hydrogen-bond acceptors (Lipinski definition) is 5. The molecule has 0 heterocycles. The Morgan fingerprint density at radius 1 is 1.35 bits per heavy atom. The monoisotopic (exact) mass is 345 g/mol. The van der Waals surface area contributed by atoms with Crippen LogP contribution in [0.25, 0.3) is 0 Å². The van der Waals surface area contributed by atoms with Crippen LogP contribution in [-0.4, -0.2) is 56.7 Å². The summed E-state index contributed by atoms with van der Waals surface area (Å²) in [6, 6.07) is 6.23. The molecule has 0 saturated carbocycles. The lowest BCUT2D eigenvalue weighted by Gasteiger charge is -2.23. The minimum atomic E-state index is -0.769. The van der Waals surface area contributed by atoms with Crippen molar-refractivity contribution in [3.05, 3.63) is 24.3 Å². The maximum absolute atomic E-state index is 12.1. The number of halogens is 1. The standard InChI is InChI=1S/C15H23N3O4.ClH/c1-4-18(15(20)13(16)10-21-2)9-14(19)17-11-6-5-7-12(8-11)22-3;/h5-8,13H,4,9-10,16H2,1-3H3,(H,17,19);1H. The number of benzene rings is 1. The number of ether oxygens (including phenoxy) is 2. The summed E-state index contributed by atoms with van der Waals surface area (Å²) in [6.07, 6.45) is 0. The van der Waals surface area contributed by atoms with Crippen molar-refractivity contribution in [2.45, 2.75) is 13.0 Å². The summed E-state index contributed by atoms with van der Waals surface area (Å²) >= 11 is 0. The topological polar surface area (TPSA) is 93.9 Å². The number of rotatable bonds is 8. The molecule has 3 N–H and O–H groups in total. The van der Waals surface area contributed by atoms with E-state index in [2.05, 4.69) is 5.32 Å². The lowest BCUT2D eigenvalue weighted by atomic mass is 10.2. The number of methoxy groups -OCH3 is 2. The van der Waals surface area contributed by atoms with Crippen molar-refractivity contribution in [3.8, 4) is 5.75 Å². The Morgan fingerprint density at radius 2 is 2.04 bits per heavy atom. The number of carbonyl (C=O) groups excluding carboxylic acids is 2. The minimum Gasteiger partial charge on any atom is -0.497 e. The fourth-order valence-electron chi connectivity index (χ4n) is 1.91. The highest BCUT2D eigenvalue weighted by atomic mass is 35.5. The first-order valence-electron chi connectivity index (χ1n) is 6.99. The molecule has 1 aromatic carbocycles. The SMILES string of the molecule is CCN(CC(=O)Nc1cccc(OC)c1)C(=O)C(N)COC.Cl. The van der Waals surface area contributed by atoms with Gasteiger partial charge in [0.05, 0.1) is 20.3 Å². The molecule has 1 rings (SSSR count). The number of amides is 2. The van der Waals surface area contributed by atoms with E-state index in [1.165, 1.54) is 12.0 Å². The Kier molecular flexibility index (Phi) is 9.96. The average molecular weight is 346 g/mol. The second-order valence-electron chi connectivity index (χ2n) is 4.69. The zero-order valence-electron chi connectivity index (χ0n) is 13.6. The molecule has 0 radical (unpaired) electrons. The van der Waals surface area contributed by atoms with Crippen molar-refractivity contribution in [1.29, 1.82) is 0 Å². The second-order valence-corrected chi connectivity index (χ2v) is 4.69. The van der Waals surface area contributed by atoms with Crippen molar-refractivity contribution < 1.29 is 19.1 Å². The van der Waals surface area contributed by atoms with Crippen LogP contribution in [0.3, 0.4) is 0 Å². The van der Waals surface area contributed by atoms with Crippen LogP contribution >= 0.6 is 12.4 Å². The minimum absolute atomic E-state index is 0. The van der Waals surface area contributed by atoms with Gasteiger partial charge in [-0.3, -0.25) is 9.59 Å². The average Bonchev–Trinajstić information content (AvgIpc) is 2.52. The third-order valence-corrected chi connectivity index (χ3v) is 3.04. The van der Waals surface area contributed by atoms with E-state index in [-0.39, 0.29) is 37.4 Å². The van der Waals surface area contributed by atoms with Crippen LogP contribution in [0, 0.1) is 0 Å². The largest absolute Gasteiger partial charge is 0.497 e. The van der Waals surface area contributed by atoms with Gasteiger partial charge in [0.1, 0.15) is 11.8 Å². The molecule has 2 amide bonds. The molecule has 130 valence electrons. The number of likely N-dealkylation sites (N-methyl/N-ethyl adjacent to an activating group) is 1. The van der Waals surface area contributed by atoms with Gasteiger partial charge in [0.25, 0.3) is 0 Å². The molecular formula is C15H24ClN3O4. The van der Waals surface area contributed by atoms with Gasteiger partial charge in [-0.15, -0.1) is 12.4 Å². The first-order chi connectivity index (χ1) is 10.5. The molecule has 1 unspecified atom stereocenters. The van der Waals surface area contributed by atoms with Gasteiger partial charge < -0.3 is 25.4 Å². The van der Waals surface area contributed by atoms with Crippen LogP contribution in [0.2, 0.25) is 0 Å². The molecule has 1 aromatic rings. The molecule has 0 aromatic heterocycles. The van der Waals surface area contributed by atoms with Gasteiger partial charge in [-0.2, -0.15) is 0 Å². The van der Waals surface area contributed by atoms with E-state index >= 15 is 0 Å². The summed E-state index contributed by atoms with van der Waals surface area (Å²) in [5.41, 5.74) is 6.31. The summed E-state index contributed by atoms with van der Waals surface area (Å²) in [5, 5.41) is 2.72. The van der Waals surface area contributed by atoms with Crippen LogP contribution < -0.4 is 15.8 Å². The van der Waals surface area contributed by atoms with E-state index in [1.807, 2.05) is 0 Å². The van der Waals surface area contributed by atoms with Crippen molar-refractivity contribution in [3.63, 3.8) is 0 Å². The highest BCUT2D eigenvalue weighted by Crippen LogP contribution is 2.16. The van der Waals surface area contributed by atoms with Crippen molar-refractivity contribution >= 4 is 29.9 Å². The smallest absolute Gasteiger partial charge is 0.243 e. The predicted molar refractivity (Wildman–Crippen MR) is 91.0 cm³/mol. The normalized spacial score (nSPS) is 11.1. The van der Waals surface area contributed by atoms with E-state index in [0.29, 0.717) is 18.0 Å². The third-order valence-electron chi connectivity index (χ3n) is 3.04. The zero-order valence-corrected chi connectivity index (χ0v) is 14.4. The number of nitrogens with zero attached hydrogens (tertiary/aromatic N) is 1. The van der Waals surface area contributed by atoms with E-state index in [4.69, 9.17) is 15.2 Å². The highest BCUT2D eigenvalue weighted by Gasteiger charge is 2.21. The molecule has 0 aliphatic carbocycles. The van der Waals surface area contributed by atoms with Crippen LogP contribution in [0.1, 0.15) is 6.92 Å². The quantitative estimate of drug-likeness (QED) is 0.729. The van der Waals surface area contributed by atoms with Crippen molar-refractivity contribution in [2.75, 3.05) is 39.2 Å². The van der Waals surface area contributed by atoms with Gasteiger partial charge in [0.15, 0.2) is 0 Å². The molecule has 0 fully saturated rings. The van der Waals surface area contributed by atoms with Gasteiger partial charge in [0.2, 0.25) is 11.8 Å². The summed E-state index contributed by atoms with van der Waals surface area (Å²) in [7, 11) is 3.02. The first kappa shape index (κ1) is 21.2. The molecule has 0 aliphatic heterocycles. The lowest BCUT2D eigenvalue weighted by Crippen LogP contribution is -2.48. The summed E-state index contributed by atoms with van der Waals surface area (Å²) in [5.74, 6) is 0.0292. The number of hydrogen-bond donors (Lipinski definition) is 2. The second kappa shape index (κ2) is 10.8. The third kappa shape index (κ3) is 6.85. The Balaban J connectivity index is 0.00000484. The summed E-state index contributed by atoms with van der Waals surface area (Å²) in [6.45, 7) is 2.23. The Labute approximate surface area is 142 Å². The fraction of sp³-hybridized carbons (Fsp3) is 0.467. The number of anilines is 1. The van der Waals surface area contributed by atoms with Gasteiger partial charge >= 0.3 is 0 Å². The molecule has 23 heavy (non-hydrogen) atoms. The van der Waals surface area contributed by atoms with Gasteiger partial charge in [-0.25, -0.2) is 0 Å². The molecule has 0 spiro atoms. The Hall–Kier alpha value is -1.83. The maximum atomic E-state index is 12.1. The van der Waals surface area contributed by atoms with Crippen LogP contribution in [0.15, 0.2) is 24.3 Å². The maximum Gasteiger partial charge on any atom is 0.243 e. The molecule has 1 atom stereocenters.